The fraction of sp³-hybridized carbons (Fsp3) is 0.385. The van der Waals surface area contributed by atoms with Crippen molar-refractivity contribution in [2.75, 3.05) is 20.3 Å². The van der Waals surface area contributed by atoms with Crippen molar-refractivity contribution in [3.63, 3.8) is 0 Å². The molecule has 0 aromatic heterocycles. The van der Waals surface area contributed by atoms with E-state index in [1.807, 2.05) is 36.4 Å². The summed E-state index contributed by atoms with van der Waals surface area (Å²) in [5, 5.41) is 14.5. The molecule has 3 N–H and O–H groups in total. The molecule has 2 amide bonds. The minimum absolute atomic E-state index is 0.0405. The fourth-order valence-corrected chi connectivity index (χ4v) is 4.46. The quantitative estimate of drug-likeness (QED) is 0.446. The highest BCUT2D eigenvalue weighted by atomic mass is 16.5. The lowest BCUT2D eigenvalue weighted by Crippen LogP contribution is -2.47. The predicted molar refractivity (Wildman–Crippen MR) is 126 cm³/mol. The van der Waals surface area contributed by atoms with Crippen LogP contribution in [0.3, 0.4) is 0 Å². The number of methoxy groups -OCH3 is 1. The zero-order valence-electron chi connectivity index (χ0n) is 19.4. The molecule has 1 saturated carbocycles. The van der Waals surface area contributed by atoms with Gasteiger partial charge >= 0.3 is 18.0 Å². The van der Waals surface area contributed by atoms with Gasteiger partial charge in [-0.25, -0.2) is 9.59 Å². The Balaban J connectivity index is 1.30. The summed E-state index contributed by atoms with van der Waals surface area (Å²) in [5.41, 5.74) is 3.60. The lowest BCUT2D eigenvalue weighted by atomic mass is 9.98. The number of aliphatic carboxylic acids is 1. The number of alkyl carbamates (subject to hydrolysis) is 1. The van der Waals surface area contributed by atoms with Crippen LogP contribution in [0.15, 0.2) is 48.5 Å². The number of hydrogen-bond acceptors (Lipinski definition) is 6. The Morgan fingerprint density at radius 2 is 1.63 bits per heavy atom. The lowest BCUT2D eigenvalue weighted by molar-refractivity contribution is -0.144. The Bertz CT molecular complexity index is 1100. The smallest absolute Gasteiger partial charge is 0.407 e. The van der Waals surface area contributed by atoms with Crippen LogP contribution in [-0.4, -0.2) is 55.3 Å². The van der Waals surface area contributed by atoms with Gasteiger partial charge in [-0.1, -0.05) is 48.5 Å². The van der Waals surface area contributed by atoms with Crippen molar-refractivity contribution in [2.45, 2.75) is 37.6 Å². The van der Waals surface area contributed by atoms with Gasteiger partial charge in [-0.2, -0.15) is 0 Å². The molecule has 2 aromatic carbocycles. The van der Waals surface area contributed by atoms with E-state index in [0.717, 1.165) is 22.3 Å². The predicted octanol–water partition coefficient (Wildman–Crippen LogP) is 2.83. The second-order valence-corrected chi connectivity index (χ2v) is 8.94. The highest BCUT2D eigenvalue weighted by Crippen LogP contribution is 2.46. The van der Waals surface area contributed by atoms with Gasteiger partial charge in [0.1, 0.15) is 12.6 Å². The monoisotopic (exact) mass is 480 g/mol. The average molecular weight is 481 g/mol. The fourth-order valence-electron chi connectivity index (χ4n) is 4.46. The van der Waals surface area contributed by atoms with Crippen LogP contribution in [0.5, 0.6) is 0 Å². The minimum Gasteiger partial charge on any atom is -0.480 e. The lowest BCUT2D eigenvalue weighted by Gasteiger charge is -2.20. The van der Waals surface area contributed by atoms with Crippen molar-refractivity contribution < 1.29 is 33.8 Å². The number of esters is 1. The van der Waals surface area contributed by atoms with E-state index in [0.29, 0.717) is 12.8 Å². The van der Waals surface area contributed by atoms with Crippen molar-refractivity contribution in [1.29, 1.82) is 0 Å². The normalized spacial score (nSPS) is 15.8. The van der Waals surface area contributed by atoms with E-state index < -0.39 is 35.4 Å². The van der Waals surface area contributed by atoms with Crippen LogP contribution in [0.1, 0.15) is 42.7 Å². The highest BCUT2D eigenvalue weighted by molar-refractivity contribution is 5.90. The molecule has 2 aliphatic rings. The first-order valence-electron chi connectivity index (χ1n) is 11.5. The van der Waals surface area contributed by atoms with E-state index in [4.69, 9.17) is 4.74 Å². The van der Waals surface area contributed by atoms with Crippen molar-refractivity contribution in [1.82, 2.24) is 10.6 Å². The van der Waals surface area contributed by atoms with Gasteiger partial charge in [-0.3, -0.25) is 9.59 Å². The molecular formula is C26H28N2O7. The molecule has 9 nitrogen and oxygen atoms in total. The maximum absolute atomic E-state index is 12.7. The van der Waals surface area contributed by atoms with Gasteiger partial charge in [-0.05, 0) is 41.5 Å². The van der Waals surface area contributed by atoms with Crippen LogP contribution in [0, 0.1) is 5.41 Å². The maximum Gasteiger partial charge on any atom is 0.407 e. The number of ether oxygens (including phenoxy) is 2. The molecule has 0 aliphatic heterocycles. The third kappa shape index (κ3) is 5.29. The Hall–Kier alpha value is -3.88. The van der Waals surface area contributed by atoms with Crippen LogP contribution in [0.4, 0.5) is 4.79 Å². The van der Waals surface area contributed by atoms with E-state index in [2.05, 4.69) is 27.5 Å². The number of hydrogen-bond donors (Lipinski definition) is 3. The third-order valence-corrected chi connectivity index (χ3v) is 6.72. The van der Waals surface area contributed by atoms with E-state index in [1.165, 1.54) is 7.11 Å². The van der Waals surface area contributed by atoms with Crippen LogP contribution >= 0.6 is 0 Å². The molecule has 9 heteroatoms. The van der Waals surface area contributed by atoms with Gasteiger partial charge < -0.3 is 25.2 Å². The van der Waals surface area contributed by atoms with Crippen molar-refractivity contribution in [3.8, 4) is 11.1 Å². The molecule has 1 fully saturated rings. The van der Waals surface area contributed by atoms with E-state index in [9.17, 15) is 24.3 Å². The molecule has 35 heavy (non-hydrogen) atoms. The number of carboxylic acid groups (broad SMARTS) is 1. The summed E-state index contributed by atoms with van der Waals surface area (Å²) in [6.07, 6.45) is 0.200. The van der Waals surface area contributed by atoms with Crippen molar-refractivity contribution in [3.05, 3.63) is 59.7 Å². The second kappa shape index (κ2) is 10.2. The Morgan fingerprint density at radius 3 is 2.17 bits per heavy atom. The molecule has 2 aromatic rings. The van der Waals surface area contributed by atoms with Gasteiger partial charge in [0.2, 0.25) is 5.91 Å². The standard InChI is InChI=1S/C26H28N2O7/c1-34-22(29)11-10-21(23(30)31)28-24(32)26(12-13-26)15-27-25(33)35-14-20-18-8-4-2-6-16(18)17-7-3-5-9-19(17)20/h2-9,20-21H,10-15H2,1H3,(H,27,33)(H,28,32)(H,30,31)/t21-/m1/s1. The Kier molecular flexibility index (Phi) is 7.04. The summed E-state index contributed by atoms with van der Waals surface area (Å²) in [5.74, 6) is -2.32. The largest absolute Gasteiger partial charge is 0.480 e. The SMILES string of the molecule is COC(=O)CC[C@@H](NC(=O)C1(CNC(=O)OCC2c3ccccc3-c3ccccc32)CC1)C(=O)O. The summed E-state index contributed by atoms with van der Waals surface area (Å²) >= 11 is 0. The molecule has 0 unspecified atom stereocenters. The number of nitrogens with one attached hydrogen (secondary N) is 2. The van der Waals surface area contributed by atoms with E-state index >= 15 is 0 Å². The van der Waals surface area contributed by atoms with Crippen LogP contribution in [-0.2, 0) is 23.9 Å². The number of amides is 2. The average Bonchev–Trinajstić information content (AvgIpc) is 3.60. The van der Waals surface area contributed by atoms with Crippen molar-refractivity contribution >= 4 is 23.9 Å². The molecule has 0 radical (unpaired) electrons. The molecular weight excluding hydrogens is 452 g/mol. The maximum atomic E-state index is 12.7. The summed E-state index contributed by atoms with van der Waals surface area (Å²) in [6, 6.07) is 14.8. The number of benzene rings is 2. The van der Waals surface area contributed by atoms with Gasteiger partial charge in [-0.15, -0.1) is 0 Å². The number of carboxylic acids is 1. The number of carbonyl (C=O) groups is 4. The molecule has 4 rings (SSSR count). The molecule has 184 valence electrons. The zero-order valence-corrected chi connectivity index (χ0v) is 19.4. The molecule has 0 bridgehead atoms. The first kappa shape index (κ1) is 24.3. The van der Waals surface area contributed by atoms with Crippen LogP contribution in [0.25, 0.3) is 11.1 Å². The summed E-state index contributed by atoms with van der Waals surface area (Å²) in [6.45, 7) is 0.201. The second-order valence-electron chi connectivity index (χ2n) is 8.94. The van der Waals surface area contributed by atoms with Crippen LogP contribution < -0.4 is 10.6 Å². The van der Waals surface area contributed by atoms with Crippen molar-refractivity contribution in [2.24, 2.45) is 5.41 Å². The molecule has 0 saturated heterocycles. The molecule has 0 spiro atoms. The molecule has 0 heterocycles. The number of fused-ring (bicyclic) bond motifs is 3. The summed E-state index contributed by atoms with van der Waals surface area (Å²) in [4.78, 5) is 48.0. The van der Waals surface area contributed by atoms with Gasteiger partial charge in [0.15, 0.2) is 0 Å². The number of carbonyl (C=O) groups excluding carboxylic acids is 3. The summed E-state index contributed by atoms with van der Waals surface area (Å²) in [7, 11) is 1.21. The summed E-state index contributed by atoms with van der Waals surface area (Å²) < 4.78 is 10.0. The molecule has 1 atom stereocenters. The number of rotatable bonds is 10. The Morgan fingerprint density at radius 1 is 1.03 bits per heavy atom. The third-order valence-electron chi connectivity index (χ3n) is 6.72. The minimum atomic E-state index is -1.23. The highest BCUT2D eigenvalue weighted by Gasteiger charge is 2.50. The molecule has 2 aliphatic carbocycles. The van der Waals surface area contributed by atoms with Gasteiger partial charge in [0, 0.05) is 18.9 Å². The Labute approximate surface area is 202 Å². The van der Waals surface area contributed by atoms with E-state index in [1.54, 1.807) is 0 Å². The first-order chi connectivity index (χ1) is 16.8. The van der Waals surface area contributed by atoms with E-state index in [-0.39, 0.29) is 31.9 Å². The van der Waals surface area contributed by atoms with Gasteiger partial charge in [0.25, 0.3) is 0 Å². The van der Waals surface area contributed by atoms with Gasteiger partial charge in [0.05, 0.1) is 12.5 Å². The first-order valence-corrected chi connectivity index (χ1v) is 11.5. The zero-order chi connectivity index (χ0) is 25.0. The topological polar surface area (TPSA) is 131 Å². The van der Waals surface area contributed by atoms with Crippen LogP contribution in [0.2, 0.25) is 0 Å².